The molecule has 1 aliphatic carbocycles. The fourth-order valence-electron chi connectivity index (χ4n) is 0.489. The highest BCUT2D eigenvalue weighted by molar-refractivity contribution is 5.23. The predicted molar refractivity (Wildman–Crippen MR) is 37.6 cm³/mol. The van der Waals surface area contributed by atoms with Gasteiger partial charge in [-0.05, 0) is 24.3 Å². The lowest BCUT2D eigenvalue weighted by Crippen LogP contribution is -1.90. The molecule has 0 aromatic rings. The number of allylic oxidation sites excluding steroid dienone is 3. The summed E-state index contributed by atoms with van der Waals surface area (Å²) in [5.74, 6) is 0. The van der Waals surface area contributed by atoms with Gasteiger partial charge in [0.25, 0.3) is 0 Å². The second-order valence-corrected chi connectivity index (χ2v) is 1.64. The molecule has 0 heterocycles. The molecular weight excluding hydrogens is 110 g/mol. The third-order valence-electron chi connectivity index (χ3n) is 0.898. The van der Waals surface area contributed by atoms with Crippen molar-refractivity contribution in [2.45, 2.75) is 0 Å². The lowest BCUT2D eigenvalue weighted by molar-refractivity contribution is 1.43. The summed E-state index contributed by atoms with van der Waals surface area (Å²) in [5.41, 5.74) is 11.9. The summed E-state index contributed by atoms with van der Waals surface area (Å²) in [7, 11) is 0. The number of hydrogen-bond acceptors (Lipinski definition) is 1. The van der Waals surface area contributed by atoms with Crippen LogP contribution in [0, 0.1) is 0 Å². The van der Waals surface area contributed by atoms with E-state index in [-0.39, 0.29) is 0 Å². The van der Waals surface area contributed by atoms with E-state index < -0.39 is 0 Å². The SMILES string of the molecule is NC1=CC=C=CC=C=C1. The summed E-state index contributed by atoms with van der Waals surface area (Å²) >= 11 is 0. The fourth-order valence-corrected chi connectivity index (χ4v) is 0.489. The average molecular weight is 117 g/mol. The van der Waals surface area contributed by atoms with Gasteiger partial charge in [0.2, 0.25) is 0 Å². The van der Waals surface area contributed by atoms with E-state index in [1.807, 2.05) is 0 Å². The molecule has 44 valence electrons. The van der Waals surface area contributed by atoms with E-state index in [4.69, 9.17) is 5.73 Å². The molecule has 0 spiro atoms. The Morgan fingerprint density at radius 3 is 2.78 bits per heavy atom. The van der Waals surface area contributed by atoms with Gasteiger partial charge in [0.1, 0.15) is 0 Å². The van der Waals surface area contributed by atoms with Crippen LogP contribution in [0.15, 0.2) is 47.5 Å². The van der Waals surface area contributed by atoms with E-state index in [1.54, 1.807) is 30.4 Å². The fraction of sp³-hybridized carbons (Fsp3) is 0. The summed E-state index contributed by atoms with van der Waals surface area (Å²) < 4.78 is 0. The van der Waals surface area contributed by atoms with Gasteiger partial charge in [0, 0.05) is 11.8 Å². The topological polar surface area (TPSA) is 26.0 Å². The highest BCUT2D eigenvalue weighted by Gasteiger charge is 1.75. The van der Waals surface area contributed by atoms with Gasteiger partial charge in [-0.15, -0.1) is 11.5 Å². The van der Waals surface area contributed by atoms with Crippen molar-refractivity contribution in [2.24, 2.45) is 5.73 Å². The zero-order chi connectivity index (χ0) is 6.53. The molecule has 0 saturated carbocycles. The first-order valence-electron chi connectivity index (χ1n) is 2.69. The minimum Gasteiger partial charge on any atom is -0.398 e. The molecule has 9 heavy (non-hydrogen) atoms. The molecule has 0 bridgehead atoms. The summed E-state index contributed by atoms with van der Waals surface area (Å²) in [5, 5.41) is 0. The molecule has 1 heteroatoms. The smallest absolute Gasteiger partial charge is 0.0398 e. The molecule has 1 rings (SSSR count). The molecule has 0 aromatic heterocycles. The van der Waals surface area contributed by atoms with Crippen molar-refractivity contribution in [1.82, 2.24) is 0 Å². The molecule has 0 radical (unpaired) electrons. The van der Waals surface area contributed by atoms with Crippen molar-refractivity contribution in [2.75, 3.05) is 0 Å². The number of nitrogens with two attached hydrogens (primary N) is 1. The maximum Gasteiger partial charge on any atom is 0.0398 e. The second kappa shape index (κ2) is 2.78. The molecule has 0 fully saturated rings. The lowest BCUT2D eigenvalue weighted by Gasteiger charge is -1.84. The largest absolute Gasteiger partial charge is 0.398 e. The Hall–Kier alpha value is -1.42. The quantitative estimate of drug-likeness (QED) is 0.475. The third kappa shape index (κ3) is 1.87. The molecule has 0 unspecified atom stereocenters. The van der Waals surface area contributed by atoms with Crippen LogP contribution in [0.1, 0.15) is 0 Å². The highest BCUT2D eigenvalue weighted by atomic mass is 14.5. The van der Waals surface area contributed by atoms with Crippen molar-refractivity contribution in [3.05, 3.63) is 47.5 Å². The van der Waals surface area contributed by atoms with E-state index in [0.29, 0.717) is 5.70 Å². The Morgan fingerprint density at radius 2 is 1.89 bits per heavy atom. The van der Waals surface area contributed by atoms with Crippen molar-refractivity contribution in [1.29, 1.82) is 0 Å². The van der Waals surface area contributed by atoms with Gasteiger partial charge in [-0.3, -0.25) is 0 Å². The molecule has 0 aromatic carbocycles. The average Bonchev–Trinajstić information content (AvgIpc) is 1.79. The van der Waals surface area contributed by atoms with Crippen LogP contribution in [0.25, 0.3) is 0 Å². The van der Waals surface area contributed by atoms with E-state index in [9.17, 15) is 0 Å². The minimum atomic E-state index is 0.701. The van der Waals surface area contributed by atoms with E-state index >= 15 is 0 Å². The van der Waals surface area contributed by atoms with Gasteiger partial charge in [0.15, 0.2) is 0 Å². The summed E-state index contributed by atoms with van der Waals surface area (Å²) in [6.07, 6.45) is 8.79. The normalized spacial score (nSPS) is 14.9. The Balaban J connectivity index is 3.05. The first kappa shape index (κ1) is 5.71. The molecular formula is C8H7N. The Morgan fingerprint density at radius 1 is 1.11 bits per heavy atom. The van der Waals surface area contributed by atoms with Gasteiger partial charge >= 0.3 is 0 Å². The van der Waals surface area contributed by atoms with Crippen LogP contribution in [0.2, 0.25) is 0 Å². The summed E-state index contributed by atoms with van der Waals surface area (Å²) in [6, 6.07) is 0. The van der Waals surface area contributed by atoms with Gasteiger partial charge in [-0.2, -0.15) is 0 Å². The van der Waals surface area contributed by atoms with E-state index in [0.717, 1.165) is 0 Å². The predicted octanol–water partition coefficient (Wildman–Crippen LogP) is 1.27. The van der Waals surface area contributed by atoms with Gasteiger partial charge < -0.3 is 5.73 Å². The Kier molecular flexibility index (Phi) is 1.77. The third-order valence-corrected chi connectivity index (χ3v) is 0.898. The van der Waals surface area contributed by atoms with Crippen molar-refractivity contribution < 1.29 is 0 Å². The van der Waals surface area contributed by atoms with Crippen molar-refractivity contribution in [3.63, 3.8) is 0 Å². The van der Waals surface area contributed by atoms with E-state index in [1.165, 1.54) is 0 Å². The maximum atomic E-state index is 5.44. The molecule has 0 aliphatic heterocycles. The number of rotatable bonds is 0. The Bertz CT molecular complexity index is 244. The number of hydrogen-bond donors (Lipinski definition) is 1. The maximum absolute atomic E-state index is 5.44. The minimum absolute atomic E-state index is 0.701. The van der Waals surface area contributed by atoms with Crippen LogP contribution in [0.5, 0.6) is 0 Å². The summed E-state index contributed by atoms with van der Waals surface area (Å²) in [4.78, 5) is 0. The molecule has 0 atom stereocenters. The standard InChI is InChI=1S/C8H7N/c9-8-6-4-2-1-3-5-7-8/h1-2,5-7H,9H2. The van der Waals surface area contributed by atoms with Crippen molar-refractivity contribution in [3.8, 4) is 0 Å². The van der Waals surface area contributed by atoms with Gasteiger partial charge in [-0.25, -0.2) is 0 Å². The van der Waals surface area contributed by atoms with Crippen LogP contribution in [-0.4, -0.2) is 0 Å². The van der Waals surface area contributed by atoms with E-state index in [2.05, 4.69) is 11.5 Å². The van der Waals surface area contributed by atoms with Crippen LogP contribution >= 0.6 is 0 Å². The lowest BCUT2D eigenvalue weighted by atomic mass is 10.3. The highest BCUT2D eigenvalue weighted by Crippen LogP contribution is 1.88. The first-order chi connectivity index (χ1) is 4.39. The van der Waals surface area contributed by atoms with Gasteiger partial charge in [0.05, 0.1) is 0 Å². The zero-order valence-electron chi connectivity index (χ0n) is 4.96. The molecule has 0 amide bonds. The molecule has 1 nitrogen and oxygen atoms in total. The zero-order valence-corrected chi connectivity index (χ0v) is 4.96. The first-order valence-corrected chi connectivity index (χ1v) is 2.69. The monoisotopic (exact) mass is 117 g/mol. The van der Waals surface area contributed by atoms with Crippen LogP contribution in [0.3, 0.4) is 0 Å². The molecule has 2 N–H and O–H groups in total. The van der Waals surface area contributed by atoms with Crippen LogP contribution in [-0.2, 0) is 0 Å². The molecule has 0 saturated heterocycles. The van der Waals surface area contributed by atoms with Gasteiger partial charge in [-0.1, -0.05) is 0 Å². The Labute approximate surface area is 54.2 Å². The summed E-state index contributed by atoms with van der Waals surface area (Å²) in [6.45, 7) is 0. The van der Waals surface area contributed by atoms with Crippen molar-refractivity contribution >= 4 is 0 Å². The van der Waals surface area contributed by atoms with Crippen LogP contribution in [0.4, 0.5) is 0 Å². The van der Waals surface area contributed by atoms with Crippen LogP contribution < -0.4 is 5.73 Å². The second-order valence-electron chi connectivity index (χ2n) is 1.64. The molecule has 1 aliphatic rings.